The van der Waals surface area contributed by atoms with Crippen LogP contribution in [0, 0.1) is 17.8 Å². The van der Waals surface area contributed by atoms with Gasteiger partial charge in [-0.25, -0.2) is 0 Å². The van der Waals surface area contributed by atoms with E-state index in [1.54, 1.807) is 0 Å². The number of hydrogen-bond acceptors (Lipinski definition) is 6. The Hall–Kier alpha value is -1.59. The molecule has 0 saturated heterocycles. The zero-order valence-electron chi connectivity index (χ0n) is 45.5. The standard InChI is InChI=1S/C60H116O6/c1-7-56(6)48-42-36-30-24-20-21-26-32-38-44-50-59(62)65-53-57(52-64-58(61)49-43-37-31-25-18-15-14-17-23-29-35-41-47-55(4)5)66-60(63)51-45-39-33-27-19-13-11-9-8-10-12-16-22-28-34-40-46-54(2)3/h54-57H,7-53H2,1-6H3/t56?,57-/m1/s1. The van der Waals surface area contributed by atoms with Crippen LogP contribution in [0.15, 0.2) is 0 Å². The second kappa shape index (κ2) is 51.3. The van der Waals surface area contributed by atoms with Gasteiger partial charge in [0, 0.05) is 19.3 Å². The SMILES string of the molecule is CCC(C)CCCCCCCCCCCCC(=O)OC[C@@H](COC(=O)CCCCCCCCCCCCCCC(C)C)OC(=O)CCCCCCCCCCCCCCCCCCC(C)C. The maximum atomic E-state index is 12.9. The van der Waals surface area contributed by atoms with Crippen LogP contribution in [0.1, 0.15) is 330 Å². The Bertz CT molecular complexity index is 1020. The number of ether oxygens (including phenoxy) is 3. The Labute approximate surface area is 412 Å². The minimum absolute atomic E-state index is 0.0635. The molecule has 6 heteroatoms. The highest BCUT2D eigenvalue weighted by Gasteiger charge is 2.19. The van der Waals surface area contributed by atoms with Crippen LogP contribution < -0.4 is 0 Å². The van der Waals surface area contributed by atoms with Crippen LogP contribution in [0.2, 0.25) is 0 Å². The Balaban J connectivity index is 4.30. The molecule has 0 spiro atoms. The van der Waals surface area contributed by atoms with E-state index in [1.807, 2.05) is 0 Å². The number of unbranched alkanes of at least 4 members (excludes halogenated alkanes) is 35. The summed E-state index contributed by atoms with van der Waals surface area (Å²) in [5.74, 6) is 1.71. The molecule has 0 N–H and O–H groups in total. The molecule has 0 fully saturated rings. The van der Waals surface area contributed by atoms with Gasteiger partial charge in [-0.05, 0) is 37.0 Å². The van der Waals surface area contributed by atoms with Crippen molar-refractivity contribution < 1.29 is 28.6 Å². The van der Waals surface area contributed by atoms with E-state index in [4.69, 9.17) is 14.2 Å². The van der Waals surface area contributed by atoms with E-state index >= 15 is 0 Å². The molecular weight excluding hydrogens is 817 g/mol. The average molecular weight is 934 g/mol. The van der Waals surface area contributed by atoms with Crippen molar-refractivity contribution in [1.82, 2.24) is 0 Å². The zero-order chi connectivity index (χ0) is 48.4. The molecular formula is C60H116O6. The molecule has 0 amide bonds. The third kappa shape index (κ3) is 51.8. The van der Waals surface area contributed by atoms with E-state index in [9.17, 15) is 14.4 Å². The molecule has 0 aliphatic carbocycles. The first kappa shape index (κ1) is 64.4. The van der Waals surface area contributed by atoms with E-state index in [0.29, 0.717) is 19.3 Å². The first-order valence-electron chi connectivity index (χ1n) is 29.6. The number of esters is 3. The van der Waals surface area contributed by atoms with Gasteiger partial charge in [-0.3, -0.25) is 14.4 Å². The molecule has 0 rings (SSSR count). The third-order valence-corrected chi connectivity index (χ3v) is 14.0. The summed E-state index contributed by atoms with van der Waals surface area (Å²) in [7, 11) is 0. The molecule has 6 nitrogen and oxygen atoms in total. The maximum Gasteiger partial charge on any atom is 0.306 e. The van der Waals surface area contributed by atoms with Gasteiger partial charge in [0.15, 0.2) is 6.10 Å². The number of carbonyl (C=O) groups excluding carboxylic acids is 3. The molecule has 0 heterocycles. The topological polar surface area (TPSA) is 78.9 Å². The number of rotatable bonds is 53. The summed E-state index contributed by atoms with van der Waals surface area (Å²) in [6.07, 6.45) is 53.7. The Kier molecular flexibility index (Phi) is 50.0. The number of carbonyl (C=O) groups is 3. The monoisotopic (exact) mass is 933 g/mol. The minimum Gasteiger partial charge on any atom is -0.462 e. The van der Waals surface area contributed by atoms with Gasteiger partial charge < -0.3 is 14.2 Å². The van der Waals surface area contributed by atoms with Crippen LogP contribution in [0.25, 0.3) is 0 Å². The van der Waals surface area contributed by atoms with Crippen LogP contribution in [0.4, 0.5) is 0 Å². The highest BCUT2D eigenvalue weighted by molar-refractivity contribution is 5.71. The first-order chi connectivity index (χ1) is 32.1. The molecule has 0 aliphatic rings. The Morgan fingerprint density at radius 1 is 0.303 bits per heavy atom. The summed E-state index contributed by atoms with van der Waals surface area (Å²) in [4.78, 5) is 38.2. The van der Waals surface area contributed by atoms with Crippen LogP contribution in [0.5, 0.6) is 0 Å². The lowest BCUT2D eigenvalue weighted by Crippen LogP contribution is -2.30. The van der Waals surface area contributed by atoms with Crippen LogP contribution >= 0.6 is 0 Å². The first-order valence-corrected chi connectivity index (χ1v) is 29.6. The molecule has 66 heavy (non-hydrogen) atoms. The second-order valence-corrected chi connectivity index (χ2v) is 21.8. The van der Waals surface area contributed by atoms with E-state index < -0.39 is 6.10 Å². The van der Waals surface area contributed by atoms with Gasteiger partial charge in [0.25, 0.3) is 0 Å². The maximum absolute atomic E-state index is 12.9. The molecule has 0 bridgehead atoms. The van der Waals surface area contributed by atoms with Gasteiger partial charge in [-0.2, -0.15) is 0 Å². The van der Waals surface area contributed by atoms with Gasteiger partial charge in [0.05, 0.1) is 0 Å². The summed E-state index contributed by atoms with van der Waals surface area (Å²) in [5.41, 5.74) is 0. The van der Waals surface area contributed by atoms with Crippen LogP contribution in [-0.4, -0.2) is 37.2 Å². The van der Waals surface area contributed by atoms with E-state index in [-0.39, 0.29) is 31.1 Å². The van der Waals surface area contributed by atoms with Gasteiger partial charge in [-0.15, -0.1) is 0 Å². The molecule has 0 aromatic rings. The summed E-state index contributed by atoms with van der Waals surface area (Å²) >= 11 is 0. The van der Waals surface area contributed by atoms with Crippen molar-refractivity contribution in [1.29, 1.82) is 0 Å². The molecule has 0 aromatic heterocycles. The van der Waals surface area contributed by atoms with E-state index in [1.165, 1.54) is 212 Å². The van der Waals surface area contributed by atoms with Crippen molar-refractivity contribution >= 4 is 17.9 Å². The van der Waals surface area contributed by atoms with Crippen molar-refractivity contribution in [3.05, 3.63) is 0 Å². The molecule has 0 radical (unpaired) electrons. The summed E-state index contributed by atoms with van der Waals surface area (Å²) in [6, 6.07) is 0. The molecule has 2 atom stereocenters. The average Bonchev–Trinajstić information content (AvgIpc) is 3.29. The van der Waals surface area contributed by atoms with Gasteiger partial charge in [0.1, 0.15) is 13.2 Å². The quantitative estimate of drug-likeness (QED) is 0.0343. The van der Waals surface area contributed by atoms with Gasteiger partial charge in [-0.1, -0.05) is 292 Å². The molecule has 0 aliphatic heterocycles. The van der Waals surface area contributed by atoms with Crippen molar-refractivity contribution in [2.24, 2.45) is 17.8 Å². The molecule has 1 unspecified atom stereocenters. The lowest BCUT2D eigenvalue weighted by Gasteiger charge is -2.18. The number of hydrogen-bond donors (Lipinski definition) is 0. The van der Waals surface area contributed by atoms with Gasteiger partial charge >= 0.3 is 17.9 Å². The highest BCUT2D eigenvalue weighted by atomic mass is 16.6. The predicted molar refractivity (Wildman–Crippen MR) is 284 cm³/mol. The van der Waals surface area contributed by atoms with Crippen LogP contribution in [0.3, 0.4) is 0 Å². The fourth-order valence-corrected chi connectivity index (χ4v) is 9.14. The van der Waals surface area contributed by atoms with E-state index in [0.717, 1.165) is 75.5 Å². The normalized spacial score (nSPS) is 12.5. The minimum atomic E-state index is -0.764. The summed E-state index contributed by atoms with van der Waals surface area (Å²) in [6.45, 7) is 13.8. The largest absolute Gasteiger partial charge is 0.462 e. The van der Waals surface area contributed by atoms with E-state index in [2.05, 4.69) is 41.5 Å². The highest BCUT2D eigenvalue weighted by Crippen LogP contribution is 2.19. The third-order valence-electron chi connectivity index (χ3n) is 14.0. The van der Waals surface area contributed by atoms with Crippen molar-refractivity contribution in [3.8, 4) is 0 Å². The lowest BCUT2D eigenvalue weighted by molar-refractivity contribution is -0.167. The summed E-state index contributed by atoms with van der Waals surface area (Å²) < 4.78 is 16.9. The molecule has 392 valence electrons. The zero-order valence-corrected chi connectivity index (χ0v) is 45.5. The Morgan fingerprint density at radius 2 is 0.530 bits per heavy atom. The van der Waals surface area contributed by atoms with Gasteiger partial charge in [0.2, 0.25) is 0 Å². The van der Waals surface area contributed by atoms with Crippen molar-refractivity contribution in [3.63, 3.8) is 0 Å². The van der Waals surface area contributed by atoms with Crippen LogP contribution in [-0.2, 0) is 28.6 Å². The second-order valence-electron chi connectivity index (χ2n) is 21.8. The Morgan fingerprint density at radius 3 is 0.788 bits per heavy atom. The molecule has 0 saturated carbocycles. The predicted octanol–water partition coefficient (Wildman–Crippen LogP) is 19.5. The lowest BCUT2D eigenvalue weighted by atomic mass is 9.99. The molecule has 0 aromatic carbocycles. The fourth-order valence-electron chi connectivity index (χ4n) is 9.14. The smallest absolute Gasteiger partial charge is 0.306 e. The van der Waals surface area contributed by atoms with Crippen molar-refractivity contribution in [2.75, 3.05) is 13.2 Å². The fraction of sp³-hybridized carbons (Fsp3) is 0.950. The summed E-state index contributed by atoms with van der Waals surface area (Å²) in [5, 5.41) is 0. The van der Waals surface area contributed by atoms with Crippen molar-refractivity contribution in [2.45, 2.75) is 337 Å².